The number of hydrogen-bond donors (Lipinski definition) is 1. The molecular weight excluding hydrogens is 368 g/mol. The second kappa shape index (κ2) is 7.67. The molecule has 3 aromatic heterocycles. The van der Waals surface area contributed by atoms with Gasteiger partial charge in [-0.2, -0.15) is 5.10 Å². The standard InChI is InChI=1S/C22H24N4O3/c1-13-11-23-22(29-4)14(2)19(13)15-6-7-16-18(10-15)25-21(27)17-12-24-26(20(16)17)8-5-9-28-3/h6-7,10-12H,5,8-9H2,1-4H3,(H,25,27). The topological polar surface area (TPSA) is 82.0 Å². The van der Waals surface area contributed by atoms with Gasteiger partial charge in [0, 0.05) is 37.4 Å². The summed E-state index contributed by atoms with van der Waals surface area (Å²) in [6, 6.07) is 6.13. The van der Waals surface area contributed by atoms with Gasteiger partial charge in [-0.15, -0.1) is 0 Å². The molecule has 29 heavy (non-hydrogen) atoms. The van der Waals surface area contributed by atoms with Gasteiger partial charge in [-0.3, -0.25) is 9.48 Å². The minimum atomic E-state index is -0.136. The number of fused-ring (bicyclic) bond motifs is 3. The number of hydrogen-bond acceptors (Lipinski definition) is 5. The van der Waals surface area contributed by atoms with Crippen molar-refractivity contribution in [1.82, 2.24) is 19.7 Å². The number of ether oxygens (including phenoxy) is 2. The maximum atomic E-state index is 12.7. The van der Waals surface area contributed by atoms with Crippen molar-refractivity contribution in [1.29, 1.82) is 0 Å². The first kappa shape index (κ1) is 19.1. The van der Waals surface area contributed by atoms with E-state index in [-0.39, 0.29) is 5.56 Å². The molecule has 0 spiro atoms. The average molecular weight is 392 g/mol. The molecule has 1 N–H and O–H groups in total. The lowest BCUT2D eigenvalue weighted by atomic mass is 9.96. The summed E-state index contributed by atoms with van der Waals surface area (Å²) in [6.07, 6.45) is 4.27. The normalized spacial score (nSPS) is 11.4. The molecule has 7 heteroatoms. The minimum absolute atomic E-state index is 0.136. The fourth-order valence-corrected chi connectivity index (χ4v) is 3.93. The second-order valence-corrected chi connectivity index (χ2v) is 7.14. The minimum Gasteiger partial charge on any atom is -0.481 e. The van der Waals surface area contributed by atoms with Crippen LogP contribution in [-0.4, -0.2) is 40.6 Å². The van der Waals surface area contributed by atoms with Crippen molar-refractivity contribution in [3.05, 3.63) is 52.1 Å². The van der Waals surface area contributed by atoms with Gasteiger partial charge in [0.05, 0.1) is 29.7 Å². The van der Waals surface area contributed by atoms with Crippen molar-refractivity contribution in [2.24, 2.45) is 0 Å². The summed E-state index contributed by atoms with van der Waals surface area (Å²) in [7, 11) is 3.30. The van der Waals surface area contributed by atoms with Gasteiger partial charge in [0.25, 0.3) is 5.56 Å². The molecule has 0 aliphatic carbocycles. The van der Waals surface area contributed by atoms with E-state index in [4.69, 9.17) is 9.47 Å². The number of nitrogens with one attached hydrogen (secondary N) is 1. The molecule has 0 unspecified atom stereocenters. The lowest BCUT2D eigenvalue weighted by Crippen LogP contribution is -2.08. The van der Waals surface area contributed by atoms with Crippen LogP contribution in [0.2, 0.25) is 0 Å². The molecule has 0 aliphatic heterocycles. The van der Waals surface area contributed by atoms with E-state index in [1.165, 1.54) is 0 Å². The van der Waals surface area contributed by atoms with E-state index in [1.807, 2.05) is 36.9 Å². The molecule has 0 saturated heterocycles. The quantitative estimate of drug-likeness (QED) is 0.507. The Morgan fingerprint density at radius 1 is 1.14 bits per heavy atom. The number of aryl methyl sites for hydroxylation is 2. The number of benzene rings is 1. The highest BCUT2D eigenvalue weighted by atomic mass is 16.5. The third kappa shape index (κ3) is 3.27. The van der Waals surface area contributed by atoms with E-state index in [9.17, 15) is 4.79 Å². The number of rotatable bonds is 6. The summed E-state index contributed by atoms with van der Waals surface area (Å²) >= 11 is 0. The zero-order chi connectivity index (χ0) is 20.5. The number of methoxy groups -OCH3 is 2. The summed E-state index contributed by atoms with van der Waals surface area (Å²) in [4.78, 5) is 20.0. The van der Waals surface area contributed by atoms with Crippen molar-refractivity contribution in [2.75, 3.05) is 20.8 Å². The summed E-state index contributed by atoms with van der Waals surface area (Å²) < 4.78 is 12.4. The second-order valence-electron chi connectivity index (χ2n) is 7.14. The van der Waals surface area contributed by atoms with Crippen LogP contribution in [0.4, 0.5) is 0 Å². The number of H-pyrrole nitrogens is 1. The van der Waals surface area contributed by atoms with Gasteiger partial charge in [0.2, 0.25) is 5.88 Å². The van der Waals surface area contributed by atoms with Gasteiger partial charge in [0.15, 0.2) is 0 Å². The largest absolute Gasteiger partial charge is 0.481 e. The number of nitrogens with zero attached hydrogens (tertiary/aromatic N) is 3. The van der Waals surface area contributed by atoms with Crippen LogP contribution in [0.5, 0.6) is 5.88 Å². The van der Waals surface area contributed by atoms with Crippen molar-refractivity contribution < 1.29 is 9.47 Å². The number of aromatic nitrogens is 4. The molecule has 4 aromatic rings. The molecule has 0 saturated carbocycles. The van der Waals surface area contributed by atoms with Crippen molar-refractivity contribution in [3.63, 3.8) is 0 Å². The Balaban J connectivity index is 1.91. The highest BCUT2D eigenvalue weighted by molar-refractivity contribution is 6.04. The molecule has 0 radical (unpaired) electrons. The summed E-state index contributed by atoms with van der Waals surface area (Å²) in [6.45, 7) is 5.36. The first-order valence-electron chi connectivity index (χ1n) is 9.56. The molecule has 4 rings (SSSR count). The van der Waals surface area contributed by atoms with Gasteiger partial charge in [-0.1, -0.05) is 12.1 Å². The van der Waals surface area contributed by atoms with Crippen LogP contribution in [0.3, 0.4) is 0 Å². The van der Waals surface area contributed by atoms with Crippen molar-refractivity contribution in [2.45, 2.75) is 26.8 Å². The predicted molar refractivity (Wildman–Crippen MR) is 114 cm³/mol. The first-order chi connectivity index (χ1) is 14.0. The lowest BCUT2D eigenvalue weighted by Gasteiger charge is -2.14. The van der Waals surface area contributed by atoms with E-state index < -0.39 is 0 Å². The molecular formula is C22H24N4O3. The Hall–Kier alpha value is -3.19. The predicted octanol–water partition coefficient (Wildman–Crippen LogP) is 3.60. The van der Waals surface area contributed by atoms with E-state index in [2.05, 4.69) is 21.1 Å². The van der Waals surface area contributed by atoms with Crippen molar-refractivity contribution >= 4 is 21.8 Å². The maximum Gasteiger partial charge on any atom is 0.259 e. The highest BCUT2D eigenvalue weighted by Gasteiger charge is 2.15. The fraction of sp³-hybridized carbons (Fsp3) is 0.318. The summed E-state index contributed by atoms with van der Waals surface area (Å²) in [5.41, 5.74) is 5.59. The monoisotopic (exact) mass is 392 g/mol. The smallest absolute Gasteiger partial charge is 0.259 e. The average Bonchev–Trinajstić information content (AvgIpc) is 3.13. The Labute approximate surface area is 168 Å². The first-order valence-corrected chi connectivity index (χ1v) is 9.56. The Morgan fingerprint density at radius 3 is 2.72 bits per heavy atom. The Kier molecular flexibility index (Phi) is 5.07. The molecule has 0 fully saturated rings. The highest BCUT2D eigenvalue weighted by Crippen LogP contribution is 2.33. The Bertz CT molecular complexity index is 1260. The maximum absolute atomic E-state index is 12.7. The molecule has 3 heterocycles. The van der Waals surface area contributed by atoms with Crippen LogP contribution in [-0.2, 0) is 11.3 Å². The van der Waals surface area contributed by atoms with Gasteiger partial charge < -0.3 is 14.5 Å². The third-order valence-electron chi connectivity index (χ3n) is 5.27. The molecule has 0 bridgehead atoms. The molecule has 1 aromatic carbocycles. The van der Waals surface area contributed by atoms with Gasteiger partial charge in [0.1, 0.15) is 0 Å². The van der Waals surface area contributed by atoms with Crippen LogP contribution >= 0.6 is 0 Å². The van der Waals surface area contributed by atoms with Crippen LogP contribution in [0.15, 0.2) is 35.4 Å². The molecule has 150 valence electrons. The zero-order valence-corrected chi connectivity index (χ0v) is 17.1. The van der Waals surface area contributed by atoms with E-state index in [0.29, 0.717) is 24.4 Å². The van der Waals surface area contributed by atoms with Gasteiger partial charge in [-0.25, -0.2) is 4.98 Å². The number of aromatic amines is 1. The van der Waals surface area contributed by atoms with Crippen LogP contribution < -0.4 is 10.3 Å². The van der Waals surface area contributed by atoms with Gasteiger partial charge in [-0.05, 0) is 43.0 Å². The molecule has 7 nitrogen and oxygen atoms in total. The Morgan fingerprint density at radius 2 is 1.97 bits per heavy atom. The lowest BCUT2D eigenvalue weighted by molar-refractivity contribution is 0.189. The van der Waals surface area contributed by atoms with E-state index in [1.54, 1.807) is 20.4 Å². The SMILES string of the molecule is COCCCn1ncc2c(=O)[nH]c3cc(-c4c(C)cnc(OC)c4C)ccc3c21. The van der Waals surface area contributed by atoms with Crippen molar-refractivity contribution in [3.8, 4) is 17.0 Å². The van der Waals surface area contributed by atoms with E-state index in [0.717, 1.165) is 45.1 Å². The van der Waals surface area contributed by atoms with Crippen LogP contribution in [0, 0.1) is 13.8 Å². The number of pyridine rings is 2. The zero-order valence-electron chi connectivity index (χ0n) is 17.1. The van der Waals surface area contributed by atoms with Crippen LogP contribution in [0.25, 0.3) is 32.9 Å². The fourth-order valence-electron chi connectivity index (χ4n) is 3.93. The van der Waals surface area contributed by atoms with Crippen LogP contribution in [0.1, 0.15) is 17.5 Å². The summed E-state index contributed by atoms with van der Waals surface area (Å²) in [5, 5.41) is 5.99. The van der Waals surface area contributed by atoms with Gasteiger partial charge >= 0.3 is 0 Å². The third-order valence-corrected chi connectivity index (χ3v) is 5.27. The van der Waals surface area contributed by atoms with E-state index >= 15 is 0 Å². The molecule has 0 atom stereocenters. The molecule has 0 aliphatic rings. The summed E-state index contributed by atoms with van der Waals surface area (Å²) in [5.74, 6) is 0.603. The molecule has 0 amide bonds.